The van der Waals surface area contributed by atoms with Crippen LogP contribution in [0.25, 0.3) is 0 Å². The number of nitrogens with zero attached hydrogens (tertiary/aromatic N) is 1. The smallest absolute Gasteiger partial charge is 0.238 e. The Hall–Kier alpha value is -2.53. The molecule has 126 valence electrons. The zero-order valence-corrected chi connectivity index (χ0v) is 14.0. The number of fused-ring (bicyclic) bond motifs is 1. The van der Waals surface area contributed by atoms with Crippen molar-refractivity contribution in [3.63, 3.8) is 0 Å². The van der Waals surface area contributed by atoms with E-state index >= 15 is 0 Å². The van der Waals surface area contributed by atoms with Gasteiger partial charge in [-0.2, -0.15) is 0 Å². The summed E-state index contributed by atoms with van der Waals surface area (Å²) in [5.41, 5.74) is 1.94. The molecule has 3 rings (SSSR count). The first kappa shape index (κ1) is 16.3. The number of hydrogen-bond acceptors (Lipinski definition) is 4. The van der Waals surface area contributed by atoms with Gasteiger partial charge in [-0.1, -0.05) is 24.3 Å². The van der Waals surface area contributed by atoms with E-state index in [4.69, 9.17) is 9.47 Å². The number of amides is 1. The summed E-state index contributed by atoms with van der Waals surface area (Å²) in [6.45, 7) is 3.41. The van der Waals surface area contributed by atoms with Crippen molar-refractivity contribution >= 4 is 11.6 Å². The molecular weight excluding hydrogens is 304 g/mol. The molecule has 0 aliphatic carbocycles. The Labute approximate surface area is 142 Å². The highest BCUT2D eigenvalue weighted by atomic mass is 16.6. The van der Waals surface area contributed by atoms with Crippen LogP contribution >= 0.6 is 0 Å². The van der Waals surface area contributed by atoms with E-state index in [0.29, 0.717) is 19.7 Å². The summed E-state index contributed by atoms with van der Waals surface area (Å²) >= 11 is 0. The van der Waals surface area contributed by atoms with Crippen molar-refractivity contribution in [2.24, 2.45) is 0 Å². The van der Waals surface area contributed by atoms with Crippen molar-refractivity contribution in [2.75, 3.05) is 32.1 Å². The summed E-state index contributed by atoms with van der Waals surface area (Å²) in [5, 5.41) is 2.91. The predicted molar refractivity (Wildman–Crippen MR) is 93.7 cm³/mol. The van der Waals surface area contributed by atoms with E-state index in [2.05, 4.69) is 5.32 Å². The minimum absolute atomic E-state index is 0.0415. The maximum absolute atomic E-state index is 12.1. The summed E-state index contributed by atoms with van der Waals surface area (Å²) in [4.78, 5) is 14.1. The SMILES string of the molecule is Cc1cccc(NC(=O)CN(C)C[C@H]2COc3ccccc3O2)c1. The Morgan fingerprint density at radius 3 is 2.79 bits per heavy atom. The van der Waals surface area contributed by atoms with Crippen LogP contribution in [0.5, 0.6) is 11.5 Å². The fourth-order valence-electron chi connectivity index (χ4n) is 2.73. The summed E-state index contributed by atoms with van der Waals surface area (Å²) < 4.78 is 11.6. The molecule has 0 bridgehead atoms. The minimum Gasteiger partial charge on any atom is -0.486 e. The Morgan fingerprint density at radius 1 is 1.21 bits per heavy atom. The molecule has 0 unspecified atom stereocenters. The topological polar surface area (TPSA) is 50.8 Å². The van der Waals surface area contributed by atoms with E-state index in [1.54, 1.807) is 0 Å². The fourth-order valence-corrected chi connectivity index (χ4v) is 2.73. The van der Waals surface area contributed by atoms with Gasteiger partial charge in [-0.15, -0.1) is 0 Å². The number of aryl methyl sites for hydroxylation is 1. The van der Waals surface area contributed by atoms with Gasteiger partial charge in [0.2, 0.25) is 5.91 Å². The van der Waals surface area contributed by atoms with Crippen LogP contribution in [0.4, 0.5) is 5.69 Å². The molecule has 1 aliphatic rings. The lowest BCUT2D eigenvalue weighted by Gasteiger charge is -2.29. The Morgan fingerprint density at radius 2 is 2.00 bits per heavy atom. The monoisotopic (exact) mass is 326 g/mol. The predicted octanol–water partition coefficient (Wildman–Crippen LogP) is 2.71. The average molecular weight is 326 g/mol. The van der Waals surface area contributed by atoms with Gasteiger partial charge in [-0.25, -0.2) is 0 Å². The zero-order chi connectivity index (χ0) is 16.9. The van der Waals surface area contributed by atoms with Crippen LogP contribution in [0.3, 0.4) is 0 Å². The molecule has 1 aliphatic heterocycles. The molecule has 2 aromatic carbocycles. The Bertz CT molecular complexity index is 717. The minimum atomic E-state index is -0.0864. The number of anilines is 1. The van der Waals surface area contributed by atoms with E-state index in [9.17, 15) is 4.79 Å². The van der Waals surface area contributed by atoms with Gasteiger partial charge < -0.3 is 14.8 Å². The second-order valence-electron chi connectivity index (χ2n) is 6.11. The second-order valence-corrected chi connectivity index (χ2v) is 6.11. The second kappa shape index (κ2) is 7.36. The first-order valence-corrected chi connectivity index (χ1v) is 8.04. The molecule has 0 spiro atoms. The summed E-state index contributed by atoms with van der Waals surface area (Å²) in [7, 11) is 1.90. The van der Waals surface area contributed by atoms with Crippen LogP contribution in [-0.4, -0.2) is 43.7 Å². The third kappa shape index (κ3) is 4.26. The number of carbonyl (C=O) groups is 1. The van der Waals surface area contributed by atoms with Crippen LogP contribution in [0.2, 0.25) is 0 Å². The van der Waals surface area contributed by atoms with E-state index in [1.165, 1.54) is 0 Å². The molecule has 1 amide bonds. The number of carbonyl (C=O) groups excluding carboxylic acids is 1. The van der Waals surface area contributed by atoms with Gasteiger partial charge in [0.05, 0.1) is 6.54 Å². The van der Waals surface area contributed by atoms with E-state index in [-0.39, 0.29) is 12.0 Å². The zero-order valence-electron chi connectivity index (χ0n) is 14.0. The molecular formula is C19H22N2O3. The molecule has 5 nitrogen and oxygen atoms in total. The van der Waals surface area contributed by atoms with Crippen molar-refractivity contribution in [1.29, 1.82) is 0 Å². The molecule has 1 atom stereocenters. The highest BCUT2D eigenvalue weighted by Gasteiger charge is 2.22. The normalized spacial score (nSPS) is 16.0. The molecule has 0 fully saturated rings. The van der Waals surface area contributed by atoms with Crippen LogP contribution < -0.4 is 14.8 Å². The average Bonchev–Trinajstić information content (AvgIpc) is 2.54. The third-order valence-corrected chi connectivity index (χ3v) is 3.80. The number of rotatable bonds is 5. The van der Waals surface area contributed by atoms with Crippen molar-refractivity contribution in [3.8, 4) is 11.5 Å². The Kier molecular flexibility index (Phi) is 5.01. The molecule has 0 saturated carbocycles. The first-order valence-electron chi connectivity index (χ1n) is 8.04. The van der Waals surface area contributed by atoms with Crippen LogP contribution in [0.1, 0.15) is 5.56 Å². The molecule has 5 heteroatoms. The third-order valence-electron chi connectivity index (χ3n) is 3.80. The molecule has 24 heavy (non-hydrogen) atoms. The number of nitrogens with one attached hydrogen (secondary N) is 1. The lowest BCUT2D eigenvalue weighted by molar-refractivity contribution is -0.117. The fraction of sp³-hybridized carbons (Fsp3) is 0.316. The highest BCUT2D eigenvalue weighted by Crippen LogP contribution is 2.30. The van der Waals surface area contributed by atoms with E-state index in [0.717, 1.165) is 22.7 Å². The van der Waals surface area contributed by atoms with Gasteiger partial charge in [0.25, 0.3) is 0 Å². The lowest BCUT2D eigenvalue weighted by Crippen LogP contribution is -2.42. The van der Waals surface area contributed by atoms with Crippen molar-refractivity contribution in [2.45, 2.75) is 13.0 Å². The van der Waals surface area contributed by atoms with Crippen LogP contribution in [-0.2, 0) is 4.79 Å². The van der Waals surface area contributed by atoms with Crippen LogP contribution in [0, 0.1) is 6.92 Å². The van der Waals surface area contributed by atoms with Crippen molar-refractivity contribution < 1.29 is 14.3 Å². The molecule has 0 aromatic heterocycles. The van der Waals surface area contributed by atoms with Crippen LogP contribution in [0.15, 0.2) is 48.5 Å². The van der Waals surface area contributed by atoms with Gasteiger partial charge in [-0.3, -0.25) is 9.69 Å². The largest absolute Gasteiger partial charge is 0.486 e. The molecule has 2 aromatic rings. The maximum atomic E-state index is 12.1. The molecule has 0 saturated heterocycles. The van der Waals surface area contributed by atoms with Crippen molar-refractivity contribution in [1.82, 2.24) is 4.90 Å². The Balaban J connectivity index is 1.49. The summed E-state index contributed by atoms with van der Waals surface area (Å²) in [6, 6.07) is 15.4. The number of ether oxygens (including phenoxy) is 2. The van der Waals surface area contributed by atoms with Gasteiger partial charge >= 0.3 is 0 Å². The lowest BCUT2D eigenvalue weighted by atomic mass is 10.2. The quantitative estimate of drug-likeness (QED) is 0.918. The summed E-state index contributed by atoms with van der Waals surface area (Å²) in [5.74, 6) is 1.49. The maximum Gasteiger partial charge on any atom is 0.238 e. The molecule has 1 N–H and O–H groups in total. The number of para-hydroxylation sites is 2. The van der Waals surface area contributed by atoms with E-state index < -0.39 is 0 Å². The van der Waals surface area contributed by atoms with Gasteiger partial charge in [0.15, 0.2) is 11.5 Å². The highest BCUT2D eigenvalue weighted by molar-refractivity contribution is 5.92. The van der Waals surface area contributed by atoms with Crippen molar-refractivity contribution in [3.05, 3.63) is 54.1 Å². The van der Waals surface area contributed by atoms with E-state index in [1.807, 2.05) is 67.4 Å². The van der Waals surface area contributed by atoms with Gasteiger partial charge in [-0.05, 0) is 43.8 Å². The van der Waals surface area contributed by atoms with Gasteiger partial charge in [0, 0.05) is 12.2 Å². The molecule has 1 heterocycles. The van der Waals surface area contributed by atoms with Gasteiger partial charge in [0.1, 0.15) is 12.7 Å². The number of hydrogen-bond donors (Lipinski definition) is 1. The number of benzene rings is 2. The summed E-state index contributed by atoms with van der Waals surface area (Å²) in [6.07, 6.45) is -0.0864. The standard InChI is InChI=1S/C19H22N2O3/c1-14-6-5-7-15(10-14)20-19(22)12-21(2)11-16-13-23-17-8-3-4-9-18(17)24-16/h3-10,16H,11-13H2,1-2H3,(H,20,22)/t16-/m0/s1. The molecule has 0 radical (unpaired) electrons. The number of likely N-dealkylation sites (N-methyl/N-ethyl adjacent to an activating group) is 1. The first-order chi connectivity index (χ1) is 11.6.